The number of nitrogens with two attached hydrogens (primary N) is 1. The maximum atomic E-state index is 12.9. The van der Waals surface area contributed by atoms with Crippen LogP contribution in [0, 0.1) is 13.8 Å². The highest BCUT2D eigenvalue weighted by molar-refractivity contribution is 5.69. The Morgan fingerprint density at radius 1 is 1.07 bits per heavy atom. The van der Waals surface area contributed by atoms with Crippen LogP contribution in [0.5, 0.6) is 5.75 Å². The number of nitrogen functional groups attached to an aromatic ring is 1. The number of aromatic nitrogens is 4. The third-order valence-corrected chi connectivity index (χ3v) is 4.49. The Kier molecular flexibility index (Phi) is 3.92. The molecule has 7 heteroatoms. The molecule has 136 valence electrons. The van der Waals surface area contributed by atoms with Crippen LogP contribution < -0.4 is 16.2 Å². The van der Waals surface area contributed by atoms with E-state index in [4.69, 9.17) is 10.5 Å². The van der Waals surface area contributed by atoms with Gasteiger partial charge in [0.2, 0.25) is 5.65 Å². The summed E-state index contributed by atoms with van der Waals surface area (Å²) in [5.74, 6) is 1.03. The van der Waals surface area contributed by atoms with E-state index in [-0.39, 0.29) is 11.5 Å². The second kappa shape index (κ2) is 6.28. The predicted molar refractivity (Wildman–Crippen MR) is 104 cm³/mol. The van der Waals surface area contributed by atoms with Crippen LogP contribution >= 0.6 is 0 Å². The second-order valence-electron chi connectivity index (χ2n) is 6.38. The van der Waals surface area contributed by atoms with Crippen molar-refractivity contribution in [3.8, 4) is 22.7 Å². The fourth-order valence-corrected chi connectivity index (χ4v) is 3.30. The molecule has 0 radical (unpaired) electrons. The number of aryl methyl sites for hydroxylation is 2. The molecule has 0 aliphatic rings. The van der Waals surface area contributed by atoms with Crippen molar-refractivity contribution in [3.63, 3.8) is 0 Å². The van der Waals surface area contributed by atoms with Gasteiger partial charge in [-0.1, -0.05) is 18.2 Å². The molecule has 0 saturated heterocycles. The highest BCUT2D eigenvalue weighted by atomic mass is 16.5. The van der Waals surface area contributed by atoms with Crippen molar-refractivity contribution in [2.75, 3.05) is 12.8 Å². The monoisotopic (exact) mass is 361 g/mol. The molecule has 0 unspecified atom stereocenters. The molecule has 0 amide bonds. The minimum Gasteiger partial charge on any atom is -0.496 e. The summed E-state index contributed by atoms with van der Waals surface area (Å²) in [5, 5.41) is 4.34. The standard InChI is InChI=1S/C20H19N5O2/c1-12-9-14(10-13(2)17(12)27-3)16-11-24-19(18(21)22-16)23-25(20(24)26)15-7-5-4-6-8-15/h4-11H,1-3H3,(H2,21,22). The second-order valence-corrected chi connectivity index (χ2v) is 6.38. The van der Waals surface area contributed by atoms with Crippen LogP contribution in [0.4, 0.5) is 5.82 Å². The Morgan fingerprint density at radius 2 is 1.74 bits per heavy atom. The third kappa shape index (κ3) is 2.73. The zero-order chi connectivity index (χ0) is 19.1. The van der Waals surface area contributed by atoms with E-state index >= 15 is 0 Å². The summed E-state index contributed by atoms with van der Waals surface area (Å²) in [7, 11) is 1.65. The molecular weight excluding hydrogens is 342 g/mol. The molecule has 4 rings (SSSR count). The zero-order valence-corrected chi connectivity index (χ0v) is 15.3. The predicted octanol–water partition coefficient (Wildman–Crippen LogP) is 2.75. The molecule has 2 heterocycles. The smallest absolute Gasteiger partial charge is 0.355 e. The zero-order valence-electron chi connectivity index (χ0n) is 15.3. The molecule has 0 fully saturated rings. The van der Waals surface area contributed by atoms with Gasteiger partial charge in [0.05, 0.1) is 18.5 Å². The number of methoxy groups -OCH3 is 1. The van der Waals surface area contributed by atoms with Crippen LogP contribution in [0.1, 0.15) is 11.1 Å². The van der Waals surface area contributed by atoms with Crippen molar-refractivity contribution >= 4 is 11.5 Å². The number of ether oxygens (including phenoxy) is 1. The summed E-state index contributed by atoms with van der Waals surface area (Å²) >= 11 is 0. The van der Waals surface area contributed by atoms with E-state index in [1.165, 1.54) is 9.08 Å². The molecule has 0 aliphatic carbocycles. The molecule has 0 aliphatic heterocycles. The summed E-state index contributed by atoms with van der Waals surface area (Å²) in [4.78, 5) is 17.3. The summed E-state index contributed by atoms with van der Waals surface area (Å²) in [6, 6.07) is 13.1. The molecule has 27 heavy (non-hydrogen) atoms. The number of fused-ring (bicyclic) bond motifs is 1. The van der Waals surface area contributed by atoms with Crippen LogP contribution in [0.25, 0.3) is 22.6 Å². The lowest BCUT2D eigenvalue weighted by molar-refractivity contribution is 0.408. The van der Waals surface area contributed by atoms with Crippen molar-refractivity contribution in [2.45, 2.75) is 13.8 Å². The van der Waals surface area contributed by atoms with Crippen LogP contribution in [-0.2, 0) is 0 Å². The lowest BCUT2D eigenvalue weighted by atomic mass is 10.0. The van der Waals surface area contributed by atoms with E-state index in [9.17, 15) is 4.79 Å². The third-order valence-electron chi connectivity index (χ3n) is 4.49. The molecule has 0 spiro atoms. The molecular formula is C20H19N5O2. The van der Waals surface area contributed by atoms with E-state index in [0.29, 0.717) is 17.0 Å². The quantitative estimate of drug-likeness (QED) is 0.606. The van der Waals surface area contributed by atoms with Crippen LogP contribution in [0.3, 0.4) is 0 Å². The van der Waals surface area contributed by atoms with Crippen LogP contribution in [0.15, 0.2) is 53.5 Å². The van der Waals surface area contributed by atoms with Crippen molar-refractivity contribution < 1.29 is 4.74 Å². The van der Waals surface area contributed by atoms with Crippen molar-refractivity contribution in [1.29, 1.82) is 0 Å². The minimum atomic E-state index is -0.298. The minimum absolute atomic E-state index is 0.199. The number of para-hydroxylation sites is 1. The van der Waals surface area contributed by atoms with Gasteiger partial charge in [0.25, 0.3) is 0 Å². The SMILES string of the molecule is COc1c(C)cc(-c2cn3c(=O)n(-c4ccccc4)nc3c(N)n2)cc1C. The number of hydrogen-bond donors (Lipinski definition) is 1. The van der Waals surface area contributed by atoms with Gasteiger partial charge in [0, 0.05) is 11.8 Å². The number of rotatable bonds is 3. The molecule has 2 aromatic heterocycles. The maximum Gasteiger partial charge on any atom is 0.355 e. The molecule has 0 saturated carbocycles. The van der Waals surface area contributed by atoms with Gasteiger partial charge >= 0.3 is 5.69 Å². The van der Waals surface area contributed by atoms with Gasteiger partial charge in [-0.25, -0.2) is 14.2 Å². The lowest BCUT2D eigenvalue weighted by Gasteiger charge is -2.11. The first kappa shape index (κ1) is 16.8. The number of benzene rings is 2. The van der Waals surface area contributed by atoms with Gasteiger partial charge in [-0.2, -0.15) is 4.68 Å². The van der Waals surface area contributed by atoms with Gasteiger partial charge in [-0.3, -0.25) is 0 Å². The number of anilines is 1. The van der Waals surface area contributed by atoms with Crippen molar-refractivity contribution in [2.24, 2.45) is 0 Å². The molecule has 0 atom stereocenters. The Hall–Kier alpha value is -3.61. The Morgan fingerprint density at radius 3 is 2.37 bits per heavy atom. The summed E-state index contributed by atoms with van der Waals surface area (Å²) in [5.41, 5.74) is 10.2. The average Bonchev–Trinajstić information content (AvgIpc) is 2.99. The van der Waals surface area contributed by atoms with Crippen LogP contribution in [0.2, 0.25) is 0 Å². The maximum absolute atomic E-state index is 12.9. The Balaban J connectivity index is 1.93. The lowest BCUT2D eigenvalue weighted by Crippen LogP contribution is -2.19. The van der Waals surface area contributed by atoms with E-state index in [1.807, 2.05) is 56.3 Å². The van der Waals surface area contributed by atoms with Gasteiger partial charge in [0.15, 0.2) is 5.82 Å². The fourth-order valence-electron chi connectivity index (χ4n) is 3.30. The van der Waals surface area contributed by atoms with E-state index < -0.39 is 0 Å². The van der Waals surface area contributed by atoms with E-state index in [0.717, 1.165) is 22.4 Å². The molecule has 4 aromatic rings. The van der Waals surface area contributed by atoms with Gasteiger partial charge < -0.3 is 10.5 Å². The molecule has 2 aromatic carbocycles. The summed E-state index contributed by atoms with van der Waals surface area (Å²) in [6.07, 6.45) is 1.67. The Labute approximate surface area is 155 Å². The fraction of sp³-hybridized carbons (Fsp3) is 0.150. The van der Waals surface area contributed by atoms with Crippen molar-refractivity contribution in [1.82, 2.24) is 19.2 Å². The van der Waals surface area contributed by atoms with Gasteiger partial charge in [0.1, 0.15) is 5.75 Å². The first-order chi connectivity index (χ1) is 13.0. The highest BCUT2D eigenvalue weighted by Crippen LogP contribution is 2.29. The van der Waals surface area contributed by atoms with E-state index in [1.54, 1.807) is 13.3 Å². The van der Waals surface area contributed by atoms with Gasteiger partial charge in [-0.15, -0.1) is 5.10 Å². The molecule has 2 N–H and O–H groups in total. The van der Waals surface area contributed by atoms with Gasteiger partial charge in [-0.05, 0) is 49.2 Å². The average molecular weight is 361 g/mol. The first-order valence-electron chi connectivity index (χ1n) is 8.48. The van der Waals surface area contributed by atoms with Crippen LogP contribution in [-0.4, -0.2) is 26.3 Å². The number of nitrogens with zero attached hydrogens (tertiary/aromatic N) is 4. The van der Waals surface area contributed by atoms with Crippen molar-refractivity contribution in [3.05, 3.63) is 70.3 Å². The number of hydrogen-bond acceptors (Lipinski definition) is 5. The molecule has 7 nitrogen and oxygen atoms in total. The highest BCUT2D eigenvalue weighted by Gasteiger charge is 2.15. The normalized spacial score (nSPS) is 11.1. The molecule has 0 bridgehead atoms. The topological polar surface area (TPSA) is 87.4 Å². The summed E-state index contributed by atoms with van der Waals surface area (Å²) in [6.45, 7) is 3.94. The summed E-state index contributed by atoms with van der Waals surface area (Å²) < 4.78 is 8.17. The Bertz CT molecular complexity index is 1190. The van der Waals surface area contributed by atoms with E-state index in [2.05, 4.69) is 10.1 Å². The first-order valence-corrected chi connectivity index (χ1v) is 8.48. The largest absolute Gasteiger partial charge is 0.496 e.